The lowest BCUT2D eigenvalue weighted by Crippen LogP contribution is -2.35. The summed E-state index contributed by atoms with van der Waals surface area (Å²) in [5.74, 6) is 1.83. The molecule has 3 aromatic carbocycles. The Morgan fingerprint density at radius 2 is 0.981 bits per heavy atom. The number of hydrogen-bond acceptors (Lipinski definition) is 20. The van der Waals surface area contributed by atoms with Crippen molar-refractivity contribution < 1.29 is 42.8 Å². The van der Waals surface area contributed by atoms with Crippen LogP contribution in [0.3, 0.4) is 0 Å². The second kappa shape index (κ2) is 34.4. The van der Waals surface area contributed by atoms with Crippen molar-refractivity contribution in [1.29, 1.82) is 0 Å². The number of ether oxygens (including phenoxy) is 6. The zero-order valence-electron chi connectivity index (χ0n) is 59.5. The van der Waals surface area contributed by atoms with E-state index in [1.54, 1.807) is 68.3 Å². The molecule has 11 heterocycles. The van der Waals surface area contributed by atoms with Crippen LogP contribution in [0.25, 0.3) is 100 Å². The number of nitrogens with zero attached hydrogens (tertiary/aromatic N) is 11. The van der Waals surface area contributed by atoms with E-state index in [2.05, 4.69) is 81.7 Å². The third kappa shape index (κ3) is 18.5. The number of nitrogens with one attached hydrogen (secondary N) is 6. The number of fused-ring (bicyclic) bond motifs is 3. The fraction of sp³-hybridized carbons (Fsp3) is 0.312. The molecule has 0 unspecified atom stereocenters. The highest BCUT2D eigenvalue weighted by Crippen LogP contribution is 2.37. The van der Waals surface area contributed by atoms with Crippen molar-refractivity contribution in [3.8, 4) is 67.3 Å². The number of anilines is 3. The molecule has 105 heavy (non-hydrogen) atoms. The number of morpholine rings is 1. The summed E-state index contributed by atoms with van der Waals surface area (Å²) in [4.78, 5) is 110. The van der Waals surface area contributed by atoms with Gasteiger partial charge in [-0.1, -0.05) is 18.2 Å². The van der Waals surface area contributed by atoms with Gasteiger partial charge in [-0.3, -0.25) is 45.4 Å². The van der Waals surface area contributed by atoms with Crippen molar-refractivity contribution in [3.63, 3.8) is 0 Å². The summed E-state index contributed by atoms with van der Waals surface area (Å²) in [6.07, 6.45) is 8.99. The highest BCUT2D eigenvalue weighted by molar-refractivity contribution is 6.00. The van der Waals surface area contributed by atoms with Gasteiger partial charge >= 0.3 is 18.3 Å². The molecule has 2 aliphatic rings. The molecule has 2 aliphatic heterocycles. The summed E-state index contributed by atoms with van der Waals surface area (Å²) in [6.45, 7) is 21.2. The van der Waals surface area contributed by atoms with E-state index in [4.69, 9.17) is 28.4 Å². The van der Waals surface area contributed by atoms with Crippen molar-refractivity contribution in [2.75, 3.05) is 81.9 Å². The van der Waals surface area contributed by atoms with Gasteiger partial charge in [0.1, 0.15) is 5.52 Å². The van der Waals surface area contributed by atoms with E-state index in [1.807, 2.05) is 129 Å². The maximum atomic E-state index is 13.2. The van der Waals surface area contributed by atoms with Crippen molar-refractivity contribution in [1.82, 2.24) is 68.9 Å². The number of carbonyl (C=O) groups is 3. The van der Waals surface area contributed by atoms with Crippen LogP contribution in [0.4, 0.5) is 32.2 Å². The Kier molecular flexibility index (Phi) is 23.9. The van der Waals surface area contributed by atoms with Gasteiger partial charge in [0.15, 0.2) is 5.82 Å². The SMILES string of the molecule is CCOC(=O)Nc1nc2c(-c3ccccn3)cc(-c3cc(C)n(CC4CCOCC4)c(=O)c3)cc2[nH]1.CCOC(=O)Nc1nc2c(-c3ccccn3)cc(-c3cc(C)n(CCOC(C)C)c(=O)c3)cc2[nH]1.CCOC(=O)Nc1nc2c(-c3ncccn3)cc(-c3ccc(CN4CCOCC4)nc3)cc2[nH]1. The van der Waals surface area contributed by atoms with E-state index in [9.17, 15) is 24.0 Å². The number of benzene rings is 3. The first kappa shape index (κ1) is 72.9. The molecule has 0 spiro atoms. The molecule has 12 aromatic rings. The lowest BCUT2D eigenvalue weighted by Gasteiger charge is -2.26. The first-order valence-corrected chi connectivity index (χ1v) is 35.0. The molecule has 28 nitrogen and oxygen atoms in total. The van der Waals surface area contributed by atoms with Gasteiger partial charge in [-0.25, -0.2) is 39.3 Å². The van der Waals surface area contributed by atoms with Gasteiger partial charge in [0, 0.05) is 123 Å². The topological polar surface area (TPSA) is 340 Å². The minimum Gasteiger partial charge on any atom is -0.450 e. The average Bonchev–Trinajstić information content (AvgIpc) is 1.72. The summed E-state index contributed by atoms with van der Waals surface area (Å²) in [6, 6.07) is 36.3. The molecule has 0 aliphatic carbocycles. The normalized spacial score (nSPS) is 13.2. The Morgan fingerprint density at radius 1 is 0.524 bits per heavy atom. The molecular weight excluding hydrogens is 1340 g/mol. The number of carbonyl (C=O) groups excluding carboxylic acids is 3. The predicted octanol–water partition coefficient (Wildman–Crippen LogP) is 13.0. The average molecular weight is 1420 g/mol. The fourth-order valence-corrected chi connectivity index (χ4v) is 12.4. The van der Waals surface area contributed by atoms with Gasteiger partial charge in [-0.15, -0.1) is 0 Å². The molecule has 542 valence electrons. The molecule has 2 fully saturated rings. The Labute approximate surface area is 604 Å². The van der Waals surface area contributed by atoms with Crippen LogP contribution in [0.5, 0.6) is 0 Å². The van der Waals surface area contributed by atoms with Crippen LogP contribution in [-0.2, 0) is 48.1 Å². The zero-order chi connectivity index (χ0) is 73.3. The molecule has 9 aromatic heterocycles. The molecule has 0 bridgehead atoms. The van der Waals surface area contributed by atoms with Crippen molar-refractivity contribution in [2.45, 2.75) is 87.0 Å². The Hall–Kier alpha value is -11.9. The van der Waals surface area contributed by atoms with Crippen molar-refractivity contribution in [2.24, 2.45) is 5.92 Å². The summed E-state index contributed by atoms with van der Waals surface area (Å²) in [5, 5.41) is 7.86. The Morgan fingerprint density at radius 3 is 1.44 bits per heavy atom. The monoisotopic (exact) mass is 1420 g/mol. The van der Waals surface area contributed by atoms with Crippen LogP contribution in [0.1, 0.15) is 64.5 Å². The van der Waals surface area contributed by atoms with Gasteiger partial charge < -0.3 is 52.5 Å². The van der Waals surface area contributed by atoms with Gasteiger partial charge in [-0.2, -0.15) is 0 Å². The number of aromatic nitrogens is 13. The molecule has 0 saturated carbocycles. The van der Waals surface area contributed by atoms with E-state index in [0.29, 0.717) is 65.0 Å². The number of rotatable bonds is 20. The van der Waals surface area contributed by atoms with E-state index in [1.165, 1.54) is 0 Å². The number of aryl methyl sites for hydroxylation is 2. The standard InChI is InChI=1S/C27H29N5O4.C26H29N5O4.C24H25N7O3/c1-3-36-27(34)31-26-29-23-14-20(13-21(25(23)30-26)22-6-4-5-9-28-22)19-12-17(2)32(24(33)15-19)16-18-7-10-35-11-8-18;1-5-34-26(33)30-25-28-22-14-19(13-20(24(22)29-25)21-8-6-7-9-27-21)18-12-17(4)31(23(32)15-18)10-11-35-16(2)3;1-2-34-24(32)30-23-28-20-13-17(12-19(21(20)29-23)22-25-6-3-7-26-22)16-4-5-18(27-14-16)15-31-8-10-33-11-9-31/h4-6,9,12-15,18H,3,7-8,10-11,16H2,1-2H3,(H2,29,30,31,34);6-9,12-16H,5,10-11H2,1-4H3,(H2,28,29,30,33);3-7,12-14H,2,8-11,15H2,1H3,(H2,28,29,30,32). The zero-order valence-corrected chi connectivity index (χ0v) is 59.5. The van der Waals surface area contributed by atoms with Gasteiger partial charge in [0.2, 0.25) is 17.8 Å². The van der Waals surface area contributed by atoms with Crippen LogP contribution >= 0.6 is 0 Å². The van der Waals surface area contributed by atoms with Crippen LogP contribution in [0.15, 0.2) is 156 Å². The van der Waals surface area contributed by atoms with Gasteiger partial charge in [0.25, 0.3) is 11.1 Å². The summed E-state index contributed by atoms with van der Waals surface area (Å²) < 4.78 is 35.0. The van der Waals surface area contributed by atoms with E-state index in [0.717, 1.165) is 143 Å². The smallest absolute Gasteiger partial charge is 0.413 e. The minimum absolute atomic E-state index is 0.0229. The molecular formula is C77H83N17O11. The second-order valence-corrected chi connectivity index (χ2v) is 25.2. The Balaban J connectivity index is 0.000000148. The van der Waals surface area contributed by atoms with Gasteiger partial charge in [-0.05, 0) is 180 Å². The lowest BCUT2D eigenvalue weighted by molar-refractivity contribution is 0.0336. The van der Waals surface area contributed by atoms with E-state index >= 15 is 0 Å². The summed E-state index contributed by atoms with van der Waals surface area (Å²) in [7, 11) is 0. The molecule has 6 N–H and O–H groups in total. The van der Waals surface area contributed by atoms with Crippen LogP contribution in [0.2, 0.25) is 0 Å². The Bertz CT molecular complexity index is 5110. The molecule has 0 radical (unpaired) electrons. The van der Waals surface area contributed by atoms with Crippen LogP contribution < -0.4 is 27.1 Å². The quantitative estimate of drug-likeness (QED) is 0.0386. The summed E-state index contributed by atoms with van der Waals surface area (Å²) in [5.41, 5.74) is 15.7. The molecule has 2 saturated heterocycles. The molecule has 28 heteroatoms. The largest absolute Gasteiger partial charge is 0.450 e. The highest BCUT2D eigenvalue weighted by Gasteiger charge is 2.22. The lowest BCUT2D eigenvalue weighted by atomic mass is 9.98. The fourth-order valence-electron chi connectivity index (χ4n) is 12.4. The highest BCUT2D eigenvalue weighted by atomic mass is 16.6. The van der Waals surface area contributed by atoms with Crippen molar-refractivity contribution >= 4 is 69.2 Å². The predicted molar refractivity (Wildman–Crippen MR) is 401 cm³/mol. The first-order chi connectivity index (χ1) is 51.1. The minimum atomic E-state index is -0.591. The van der Waals surface area contributed by atoms with Crippen LogP contribution in [-0.4, -0.2) is 159 Å². The number of pyridine rings is 5. The maximum Gasteiger partial charge on any atom is 0.413 e. The number of amides is 3. The number of hydrogen-bond donors (Lipinski definition) is 6. The number of aromatic amines is 3. The summed E-state index contributed by atoms with van der Waals surface area (Å²) >= 11 is 0. The van der Waals surface area contributed by atoms with Crippen molar-refractivity contribution in [3.05, 3.63) is 184 Å². The third-order valence-corrected chi connectivity index (χ3v) is 17.5. The third-order valence-electron chi connectivity index (χ3n) is 17.5. The number of imidazole rings is 3. The van der Waals surface area contributed by atoms with E-state index in [-0.39, 0.29) is 48.9 Å². The second-order valence-electron chi connectivity index (χ2n) is 25.2. The molecule has 14 rings (SSSR count). The van der Waals surface area contributed by atoms with E-state index < -0.39 is 18.3 Å². The molecule has 0 atom stereocenters. The van der Waals surface area contributed by atoms with Gasteiger partial charge in [0.05, 0.1) is 90.4 Å². The number of H-pyrrole nitrogens is 3. The first-order valence-electron chi connectivity index (χ1n) is 35.0. The maximum absolute atomic E-state index is 13.2. The van der Waals surface area contributed by atoms with Crippen LogP contribution in [0, 0.1) is 19.8 Å². The molecule has 3 amide bonds.